The molecule has 3 aromatic rings. The Hall–Kier alpha value is -2.70. The number of ether oxygens (including phenoxy) is 1. The number of benzene rings is 2. The summed E-state index contributed by atoms with van der Waals surface area (Å²) in [6, 6.07) is 9.42. The summed E-state index contributed by atoms with van der Waals surface area (Å²) in [6.07, 6.45) is 6.27. The molecule has 1 amide bonds. The molecule has 1 aromatic heterocycles. The van der Waals surface area contributed by atoms with Gasteiger partial charge < -0.3 is 24.7 Å². The smallest absolute Gasteiger partial charge is 0.318 e. The van der Waals surface area contributed by atoms with Crippen molar-refractivity contribution in [1.29, 1.82) is 0 Å². The molecule has 0 radical (unpaired) electrons. The fourth-order valence-electron chi connectivity index (χ4n) is 7.45. The Kier molecular flexibility index (Phi) is 6.78. The van der Waals surface area contributed by atoms with Crippen molar-refractivity contribution in [3.63, 3.8) is 0 Å². The number of phenolic OH excluding ortho intramolecular Hbond substituents is 1. The van der Waals surface area contributed by atoms with E-state index in [4.69, 9.17) is 14.7 Å². The predicted octanol–water partition coefficient (Wildman–Crippen LogP) is 4.45. The summed E-state index contributed by atoms with van der Waals surface area (Å²) < 4.78 is 7.34. The van der Waals surface area contributed by atoms with E-state index in [1.165, 1.54) is 12.8 Å². The van der Waals surface area contributed by atoms with Crippen molar-refractivity contribution < 1.29 is 19.7 Å². The van der Waals surface area contributed by atoms with E-state index in [9.17, 15) is 15.0 Å². The quantitative estimate of drug-likeness (QED) is 0.385. The topological polar surface area (TPSA) is 102 Å². The molecule has 0 bridgehead atoms. The zero-order valence-corrected chi connectivity index (χ0v) is 25.6. The van der Waals surface area contributed by atoms with Crippen molar-refractivity contribution in [2.75, 3.05) is 37.7 Å². The normalized spacial score (nSPS) is 23.7. The van der Waals surface area contributed by atoms with Crippen LogP contribution in [0.3, 0.4) is 0 Å². The van der Waals surface area contributed by atoms with Crippen LogP contribution >= 0.6 is 22.6 Å². The highest BCUT2D eigenvalue weighted by atomic mass is 127. The number of carbonyl (C=O) groups is 1. The molecule has 3 saturated heterocycles. The lowest BCUT2D eigenvalue weighted by Gasteiger charge is -2.38. The number of amides is 1. The van der Waals surface area contributed by atoms with E-state index in [2.05, 4.69) is 32.4 Å². The Morgan fingerprint density at radius 1 is 1.07 bits per heavy atom. The molecular formula is C31H36IN5O4. The van der Waals surface area contributed by atoms with Gasteiger partial charge in [-0.2, -0.15) is 9.97 Å². The van der Waals surface area contributed by atoms with Crippen LogP contribution in [0.5, 0.6) is 11.8 Å². The summed E-state index contributed by atoms with van der Waals surface area (Å²) in [4.78, 5) is 30.3. The number of β-amino-alcohol motifs (C(OH)–C–C–N with tert-alkyl or cyclic N) is 1. The highest BCUT2D eigenvalue weighted by molar-refractivity contribution is 14.1. The van der Waals surface area contributed by atoms with Crippen LogP contribution in [0.25, 0.3) is 10.8 Å². The molecule has 2 aromatic carbocycles. The second kappa shape index (κ2) is 10.2. The Balaban J connectivity index is 1.22. The maximum Gasteiger partial charge on any atom is 0.318 e. The Morgan fingerprint density at radius 2 is 1.85 bits per heavy atom. The molecule has 4 aliphatic heterocycles. The lowest BCUT2D eigenvalue weighted by molar-refractivity contribution is 0.0445. The maximum atomic E-state index is 14.0. The van der Waals surface area contributed by atoms with Crippen molar-refractivity contribution in [2.24, 2.45) is 0 Å². The van der Waals surface area contributed by atoms with Gasteiger partial charge in [0.05, 0.1) is 35.5 Å². The minimum absolute atomic E-state index is 0.0681. The average molecular weight is 670 g/mol. The van der Waals surface area contributed by atoms with Gasteiger partial charge in [0, 0.05) is 27.6 Å². The third-order valence-electron chi connectivity index (χ3n) is 9.42. The summed E-state index contributed by atoms with van der Waals surface area (Å²) in [7, 11) is 0. The van der Waals surface area contributed by atoms with Gasteiger partial charge >= 0.3 is 6.01 Å². The molecule has 10 heteroatoms. The molecule has 3 fully saturated rings. The van der Waals surface area contributed by atoms with Crippen LogP contribution in [-0.4, -0.2) is 79.8 Å². The van der Waals surface area contributed by atoms with Crippen LogP contribution in [0.15, 0.2) is 30.3 Å². The predicted molar refractivity (Wildman–Crippen MR) is 164 cm³/mol. The molecular weight excluding hydrogens is 633 g/mol. The number of hydrogen-bond acceptors (Lipinski definition) is 8. The van der Waals surface area contributed by atoms with Gasteiger partial charge in [-0.25, -0.2) is 0 Å². The van der Waals surface area contributed by atoms with Gasteiger partial charge in [0.1, 0.15) is 18.2 Å². The molecule has 216 valence electrons. The summed E-state index contributed by atoms with van der Waals surface area (Å²) in [5, 5.41) is 23.0. The molecule has 2 N–H and O–H groups in total. The van der Waals surface area contributed by atoms with Crippen molar-refractivity contribution >= 4 is 45.1 Å². The fourth-order valence-corrected chi connectivity index (χ4v) is 8.26. The standard InChI is InChI=1S/C31H36IN5O4/c1-30(40)8-3-11-35(18-30)27-23-16-36(28(39)22-15-21(38)14-20-6-2-7-24(32)26(20)22)17-25(23)33-29(34-27)41-19-31-9-4-12-37(31)13-5-10-31/h2,6-7,14-15,38,40H,3-5,8-13,16-19H2,1H3/t30-/m1/s1. The number of aromatic nitrogens is 2. The number of carbonyl (C=O) groups excluding carboxylic acids is 1. The molecule has 0 aliphatic carbocycles. The highest BCUT2D eigenvalue weighted by Crippen LogP contribution is 2.40. The molecule has 0 unspecified atom stereocenters. The first-order chi connectivity index (χ1) is 19.7. The number of halogens is 1. The first-order valence-corrected chi connectivity index (χ1v) is 15.7. The second-order valence-electron chi connectivity index (χ2n) is 12.5. The van der Waals surface area contributed by atoms with Gasteiger partial charge in [-0.3, -0.25) is 9.69 Å². The number of rotatable bonds is 5. The molecule has 1 atom stereocenters. The molecule has 0 spiro atoms. The van der Waals surface area contributed by atoms with Crippen LogP contribution in [0.4, 0.5) is 5.82 Å². The number of fused-ring (bicyclic) bond motifs is 3. The van der Waals surface area contributed by atoms with E-state index in [0.29, 0.717) is 37.8 Å². The van der Waals surface area contributed by atoms with E-state index >= 15 is 0 Å². The van der Waals surface area contributed by atoms with Gasteiger partial charge in [0.25, 0.3) is 5.91 Å². The summed E-state index contributed by atoms with van der Waals surface area (Å²) in [5.41, 5.74) is 1.44. The second-order valence-corrected chi connectivity index (χ2v) is 13.6. The summed E-state index contributed by atoms with van der Waals surface area (Å²) in [6.45, 7) is 6.64. The number of nitrogens with zero attached hydrogens (tertiary/aromatic N) is 5. The van der Waals surface area contributed by atoms with Crippen LogP contribution in [0.2, 0.25) is 0 Å². The van der Waals surface area contributed by atoms with E-state index in [1.54, 1.807) is 17.0 Å². The lowest BCUT2D eigenvalue weighted by atomic mass is 9.95. The molecule has 9 nitrogen and oxygen atoms in total. The van der Waals surface area contributed by atoms with Crippen molar-refractivity contribution in [3.8, 4) is 11.8 Å². The minimum atomic E-state index is -0.810. The molecule has 0 saturated carbocycles. The Morgan fingerprint density at radius 3 is 2.63 bits per heavy atom. The van der Waals surface area contributed by atoms with E-state index < -0.39 is 5.60 Å². The van der Waals surface area contributed by atoms with Crippen LogP contribution in [0, 0.1) is 3.57 Å². The summed E-state index contributed by atoms with van der Waals surface area (Å²) >= 11 is 2.24. The van der Waals surface area contributed by atoms with Crippen LogP contribution < -0.4 is 9.64 Å². The van der Waals surface area contributed by atoms with Crippen molar-refractivity contribution in [1.82, 2.24) is 19.8 Å². The number of piperidine rings is 1. The zero-order chi connectivity index (χ0) is 28.4. The minimum Gasteiger partial charge on any atom is -0.508 e. The SMILES string of the molecule is C[C@@]1(O)CCCN(c2nc(OCC34CCCN3CCC4)nc3c2CN(C(=O)c2cc(O)cc4cccc(I)c24)C3)C1. The monoisotopic (exact) mass is 669 g/mol. The Bertz CT molecular complexity index is 1520. The van der Waals surface area contributed by atoms with Crippen LogP contribution in [0.1, 0.15) is 67.1 Å². The number of aromatic hydroxyl groups is 1. The first-order valence-electron chi connectivity index (χ1n) is 14.7. The van der Waals surface area contributed by atoms with Gasteiger partial charge in [-0.05, 0) is 105 Å². The molecule has 4 aliphatic rings. The maximum absolute atomic E-state index is 14.0. The highest BCUT2D eigenvalue weighted by Gasteiger charge is 2.45. The molecule has 7 rings (SSSR count). The average Bonchev–Trinajstić information content (AvgIpc) is 3.64. The van der Waals surface area contributed by atoms with Gasteiger partial charge in [-0.15, -0.1) is 0 Å². The fraction of sp³-hybridized carbons (Fsp3) is 0.516. The zero-order valence-electron chi connectivity index (χ0n) is 23.4. The number of phenols is 1. The first kappa shape index (κ1) is 27.2. The number of aliphatic hydroxyl groups is 1. The molecule has 5 heterocycles. The lowest BCUT2D eigenvalue weighted by Crippen LogP contribution is -2.47. The van der Waals surface area contributed by atoms with E-state index in [1.807, 2.05) is 25.1 Å². The van der Waals surface area contributed by atoms with E-state index in [-0.39, 0.29) is 17.2 Å². The largest absolute Gasteiger partial charge is 0.508 e. The van der Waals surface area contributed by atoms with Crippen molar-refractivity contribution in [2.45, 2.75) is 69.7 Å². The van der Waals surface area contributed by atoms with Gasteiger partial charge in [-0.1, -0.05) is 12.1 Å². The van der Waals surface area contributed by atoms with Gasteiger partial charge in [0.15, 0.2) is 0 Å². The third kappa shape index (κ3) is 4.91. The Labute approximate surface area is 253 Å². The van der Waals surface area contributed by atoms with Crippen molar-refractivity contribution in [3.05, 3.63) is 50.7 Å². The molecule has 41 heavy (non-hydrogen) atoms. The third-order valence-corrected chi connectivity index (χ3v) is 10.3. The van der Waals surface area contributed by atoms with Crippen LogP contribution in [-0.2, 0) is 13.1 Å². The number of anilines is 1. The summed E-state index contributed by atoms with van der Waals surface area (Å²) in [5.74, 6) is 0.667. The van der Waals surface area contributed by atoms with E-state index in [0.717, 1.165) is 76.7 Å². The van der Waals surface area contributed by atoms with Gasteiger partial charge in [0.2, 0.25) is 0 Å². The number of hydrogen-bond donors (Lipinski definition) is 2.